The minimum Gasteiger partial charge on any atom is -0.357 e. The third-order valence-electron chi connectivity index (χ3n) is 5.21. The van der Waals surface area contributed by atoms with E-state index in [1.807, 2.05) is 24.3 Å². The highest BCUT2D eigenvalue weighted by atomic mass is 28.3. The topological polar surface area (TPSA) is 18.5 Å². The van der Waals surface area contributed by atoms with Crippen molar-refractivity contribution in [3.8, 4) is 22.9 Å². The molecule has 0 atom stereocenters. The first-order chi connectivity index (χ1) is 14.0. The molecule has 4 heteroatoms. The van der Waals surface area contributed by atoms with Gasteiger partial charge in [-0.05, 0) is 0 Å². The number of benzene rings is 2. The molecule has 0 aliphatic heterocycles. The Bertz CT molecular complexity index is 933. The number of methoxy groups -OCH3 is 2. The predicted molar refractivity (Wildman–Crippen MR) is 131 cm³/mol. The average molecular weight is 433 g/mol. The smallest absolute Gasteiger partial charge is 0.179 e. The fourth-order valence-corrected chi connectivity index (χ4v) is 4.95. The molecule has 0 fully saturated rings. The monoisotopic (exact) mass is 432 g/mol. The molecule has 0 N–H and O–H groups in total. The molecule has 0 aromatic heterocycles. The molecule has 0 saturated carbocycles. The van der Waals surface area contributed by atoms with Gasteiger partial charge in [0.25, 0.3) is 0 Å². The van der Waals surface area contributed by atoms with Crippen LogP contribution in [-0.4, -0.2) is 30.4 Å². The van der Waals surface area contributed by atoms with Crippen molar-refractivity contribution in [2.24, 2.45) is 0 Å². The molecule has 2 aromatic rings. The molecule has 156 valence electrons. The quantitative estimate of drug-likeness (QED) is 0.458. The van der Waals surface area contributed by atoms with Crippen LogP contribution in [0.5, 0.6) is 0 Å². The van der Waals surface area contributed by atoms with Crippen molar-refractivity contribution in [1.82, 2.24) is 0 Å². The predicted octanol–water partition coefficient (Wildman–Crippen LogP) is 5.54. The van der Waals surface area contributed by atoms with Crippen molar-refractivity contribution in [2.75, 3.05) is 14.2 Å². The molecular formula is C26H32O2Si2. The van der Waals surface area contributed by atoms with Crippen molar-refractivity contribution in [3.05, 3.63) is 70.8 Å². The Hall–Kier alpha value is -2.09. The van der Waals surface area contributed by atoms with Crippen LogP contribution >= 0.6 is 0 Å². The molecule has 30 heavy (non-hydrogen) atoms. The number of rotatable bonds is 2. The summed E-state index contributed by atoms with van der Waals surface area (Å²) in [4.78, 5) is 0. The molecule has 1 aliphatic rings. The van der Waals surface area contributed by atoms with Gasteiger partial charge in [0.15, 0.2) is 11.2 Å². The molecule has 0 spiro atoms. The Morgan fingerprint density at radius 1 is 0.567 bits per heavy atom. The van der Waals surface area contributed by atoms with Crippen LogP contribution in [0.3, 0.4) is 0 Å². The first-order valence-corrected chi connectivity index (χ1v) is 17.4. The van der Waals surface area contributed by atoms with Gasteiger partial charge in [-0.15, -0.1) is 11.1 Å². The van der Waals surface area contributed by atoms with E-state index in [9.17, 15) is 0 Å². The van der Waals surface area contributed by atoms with Crippen LogP contribution in [0.15, 0.2) is 48.5 Å². The Balaban J connectivity index is 2.46. The van der Waals surface area contributed by atoms with E-state index in [2.05, 4.69) is 86.5 Å². The lowest BCUT2D eigenvalue weighted by Gasteiger charge is -2.43. The normalized spacial score (nSPS) is 22.7. The molecule has 3 rings (SSSR count). The van der Waals surface area contributed by atoms with Gasteiger partial charge in [0.05, 0.1) is 0 Å². The maximum atomic E-state index is 6.26. The van der Waals surface area contributed by atoms with E-state index in [1.165, 1.54) is 0 Å². The zero-order chi connectivity index (χ0) is 22.2. The summed E-state index contributed by atoms with van der Waals surface area (Å²) in [5.41, 5.74) is 9.52. The summed E-state index contributed by atoms with van der Waals surface area (Å²) in [6.45, 7) is 13.5. The van der Waals surface area contributed by atoms with Crippen LogP contribution in [0.4, 0.5) is 0 Å². The highest BCUT2D eigenvalue weighted by molar-refractivity contribution is 6.84. The van der Waals surface area contributed by atoms with Gasteiger partial charge in [0, 0.05) is 36.5 Å². The van der Waals surface area contributed by atoms with Crippen LogP contribution in [0, 0.1) is 22.9 Å². The molecule has 0 heterocycles. The van der Waals surface area contributed by atoms with E-state index < -0.39 is 27.3 Å². The van der Waals surface area contributed by atoms with Gasteiger partial charge < -0.3 is 9.47 Å². The van der Waals surface area contributed by atoms with Crippen molar-refractivity contribution in [1.29, 1.82) is 0 Å². The fourth-order valence-electron chi connectivity index (χ4n) is 3.85. The second kappa shape index (κ2) is 7.87. The molecule has 0 unspecified atom stereocenters. The van der Waals surface area contributed by atoms with Crippen molar-refractivity contribution in [2.45, 2.75) is 50.5 Å². The number of ether oxygens (including phenoxy) is 2. The summed E-state index contributed by atoms with van der Waals surface area (Å²) in [6.07, 6.45) is 0. The minimum atomic E-state index is -1.63. The number of hydrogen-bond acceptors (Lipinski definition) is 2. The standard InChI is InChI=1S/C26H32O2Si2/c1-27-25(17-19-29(3,4)5)21-13-9-11-15-23(21)26(28-2,18-20-30(6,7)8)24-16-12-10-14-22(24)25/h9-16H,1-8H3. The largest absolute Gasteiger partial charge is 0.357 e. The maximum absolute atomic E-state index is 6.26. The molecule has 0 radical (unpaired) electrons. The zero-order valence-electron chi connectivity index (χ0n) is 19.4. The van der Waals surface area contributed by atoms with Gasteiger partial charge in [-0.25, -0.2) is 0 Å². The lowest BCUT2D eigenvalue weighted by molar-refractivity contribution is 0.0330. The summed E-state index contributed by atoms with van der Waals surface area (Å²) in [5, 5.41) is 0. The molecule has 0 bridgehead atoms. The summed E-state index contributed by atoms with van der Waals surface area (Å²) in [6, 6.07) is 16.6. The average Bonchev–Trinajstić information content (AvgIpc) is 2.70. The van der Waals surface area contributed by atoms with Crippen LogP contribution in [0.1, 0.15) is 22.3 Å². The Labute approximate surface area is 184 Å². The third kappa shape index (κ3) is 3.94. The van der Waals surface area contributed by atoms with E-state index in [0.29, 0.717) is 0 Å². The molecule has 2 aromatic carbocycles. The highest BCUT2D eigenvalue weighted by Gasteiger charge is 2.50. The third-order valence-corrected chi connectivity index (χ3v) is 6.96. The van der Waals surface area contributed by atoms with Gasteiger partial charge in [-0.1, -0.05) is 99.7 Å². The first-order valence-electron chi connectivity index (χ1n) is 10.4. The van der Waals surface area contributed by atoms with E-state index >= 15 is 0 Å². The second-order valence-electron chi connectivity index (χ2n) is 9.86. The van der Waals surface area contributed by atoms with Gasteiger partial charge in [-0.3, -0.25) is 0 Å². The Morgan fingerprint density at radius 2 is 0.833 bits per heavy atom. The second-order valence-corrected chi connectivity index (χ2v) is 19.4. The van der Waals surface area contributed by atoms with Crippen LogP contribution < -0.4 is 0 Å². The zero-order valence-corrected chi connectivity index (χ0v) is 21.4. The molecular weight excluding hydrogens is 400 g/mol. The Morgan fingerprint density at radius 3 is 1.03 bits per heavy atom. The minimum absolute atomic E-state index is 0.837. The van der Waals surface area contributed by atoms with Gasteiger partial charge >= 0.3 is 0 Å². The van der Waals surface area contributed by atoms with E-state index in [0.717, 1.165) is 22.3 Å². The Kier molecular flexibility index (Phi) is 5.93. The summed E-state index contributed by atoms with van der Waals surface area (Å²) < 4.78 is 12.5. The van der Waals surface area contributed by atoms with Crippen LogP contribution in [0.25, 0.3) is 0 Å². The van der Waals surface area contributed by atoms with Gasteiger partial charge in [-0.2, -0.15) is 0 Å². The summed E-state index contributed by atoms with van der Waals surface area (Å²) in [7, 11) is 0.248. The van der Waals surface area contributed by atoms with Crippen LogP contribution in [-0.2, 0) is 20.7 Å². The first kappa shape index (κ1) is 22.6. The lowest BCUT2D eigenvalue weighted by Crippen LogP contribution is -2.44. The van der Waals surface area contributed by atoms with Gasteiger partial charge in [0.2, 0.25) is 0 Å². The van der Waals surface area contributed by atoms with E-state index in [1.54, 1.807) is 14.2 Å². The SMILES string of the molecule is COC1(C#C[Si](C)(C)C)c2ccccc2C(C#C[Si](C)(C)C)(OC)c2ccccc21. The number of fused-ring (bicyclic) bond motifs is 2. The lowest BCUT2D eigenvalue weighted by atomic mass is 9.68. The summed E-state index contributed by atoms with van der Waals surface area (Å²) in [5.74, 6) is 7.13. The molecule has 1 aliphatic carbocycles. The molecule has 0 saturated heterocycles. The van der Waals surface area contributed by atoms with E-state index in [4.69, 9.17) is 9.47 Å². The van der Waals surface area contributed by atoms with Crippen molar-refractivity contribution in [3.63, 3.8) is 0 Å². The van der Waals surface area contributed by atoms with Crippen LogP contribution in [0.2, 0.25) is 39.3 Å². The summed E-state index contributed by atoms with van der Waals surface area (Å²) >= 11 is 0. The van der Waals surface area contributed by atoms with Crippen molar-refractivity contribution < 1.29 is 9.47 Å². The van der Waals surface area contributed by atoms with Gasteiger partial charge in [0.1, 0.15) is 16.1 Å². The fraction of sp³-hybridized carbons (Fsp3) is 0.385. The molecule has 2 nitrogen and oxygen atoms in total. The molecule has 0 amide bonds. The maximum Gasteiger partial charge on any atom is 0.179 e. The highest BCUT2D eigenvalue weighted by Crippen LogP contribution is 2.50. The van der Waals surface area contributed by atoms with E-state index in [-0.39, 0.29) is 0 Å². The number of hydrogen-bond donors (Lipinski definition) is 0. The van der Waals surface area contributed by atoms with Crippen molar-refractivity contribution >= 4 is 16.1 Å².